The van der Waals surface area contributed by atoms with Gasteiger partial charge in [0.15, 0.2) is 5.13 Å². The maximum Gasteiger partial charge on any atom is 0.190 e. The van der Waals surface area contributed by atoms with Gasteiger partial charge >= 0.3 is 0 Å². The summed E-state index contributed by atoms with van der Waals surface area (Å²) in [5, 5.41) is 4.57. The number of anilines is 2. The lowest BCUT2D eigenvalue weighted by molar-refractivity contribution is 0.426. The summed E-state index contributed by atoms with van der Waals surface area (Å²) in [4.78, 5) is 8.13. The molecule has 0 atom stereocenters. The lowest BCUT2D eigenvalue weighted by Crippen LogP contribution is -2.34. The maximum atomic E-state index is 4.60. The average Bonchev–Trinajstić information content (AvgIpc) is 2.85. The van der Waals surface area contributed by atoms with E-state index >= 15 is 0 Å². The second-order valence-electron chi connectivity index (χ2n) is 6.30. The number of benzene rings is 1. The molecule has 114 valence electrons. The molecule has 0 amide bonds. The highest BCUT2D eigenvalue weighted by Gasteiger charge is 2.14. The predicted octanol–water partition coefficient (Wildman–Crippen LogP) is 4.50. The van der Waals surface area contributed by atoms with Crippen LogP contribution in [-0.4, -0.2) is 17.1 Å². The van der Waals surface area contributed by atoms with Gasteiger partial charge in [-0.05, 0) is 52.3 Å². The van der Waals surface area contributed by atoms with Gasteiger partial charge in [-0.1, -0.05) is 12.1 Å². The molecule has 0 unspecified atom stereocenters. The van der Waals surface area contributed by atoms with Crippen LogP contribution < -0.4 is 10.2 Å². The van der Waals surface area contributed by atoms with Crippen molar-refractivity contribution in [2.24, 2.45) is 0 Å². The van der Waals surface area contributed by atoms with E-state index in [4.69, 9.17) is 0 Å². The second kappa shape index (κ2) is 6.58. The summed E-state index contributed by atoms with van der Waals surface area (Å²) < 4.78 is 0. The Kier molecular flexibility index (Phi) is 5.01. The zero-order valence-corrected chi connectivity index (χ0v) is 14.4. The quantitative estimate of drug-likeness (QED) is 0.881. The highest BCUT2D eigenvalue weighted by Crippen LogP contribution is 2.29. The molecule has 2 aromatic rings. The summed E-state index contributed by atoms with van der Waals surface area (Å²) in [6.07, 6.45) is 1.98. The molecule has 1 heterocycles. The van der Waals surface area contributed by atoms with Crippen LogP contribution in [0.15, 0.2) is 30.5 Å². The molecule has 0 radical (unpaired) electrons. The summed E-state index contributed by atoms with van der Waals surface area (Å²) >= 11 is 1.76. The highest BCUT2D eigenvalue weighted by molar-refractivity contribution is 7.15. The highest BCUT2D eigenvalue weighted by atomic mass is 32.1. The summed E-state index contributed by atoms with van der Waals surface area (Å²) in [5.74, 6) is 0. The lowest BCUT2D eigenvalue weighted by atomic mass is 10.1. The third-order valence-electron chi connectivity index (χ3n) is 3.19. The first-order valence-corrected chi connectivity index (χ1v) is 8.24. The van der Waals surface area contributed by atoms with Crippen molar-refractivity contribution in [2.45, 2.75) is 46.7 Å². The van der Waals surface area contributed by atoms with E-state index in [1.54, 1.807) is 11.3 Å². The molecule has 0 bridgehead atoms. The molecule has 0 aliphatic heterocycles. The molecule has 3 nitrogen and oxygen atoms in total. The van der Waals surface area contributed by atoms with Crippen molar-refractivity contribution in [1.29, 1.82) is 0 Å². The summed E-state index contributed by atoms with van der Waals surface area (Å²) in [7, 11) is 0. The molecule has 1 N–H and O–H groups in total. The van der Waals surface area contributed by atoms with Gasteiger partial charge in [0, 0.05) is 35.4 Å². The zero-order chi connectivity index (χ0) is 15.5. The lowest BCUT2D eigenvalue weighted by Gasteiger charge is -2.21. The Bertz CT molecular complexity index is 584. The zero-order valence-electron chi connectivity index (χ0n) is 13.6. The van der Waals surface area contributed by atoms with Crippen LogP contribution in [0.1, 0.15) is 38.1 Å². The Hall–Kier alpha value is -1.39. The number of rotatable bonds is 5. The van der Waals surface area contributed by atoms with E-state index in [1.807, 2.05) is 6.20 Å². The third kappa shape index (κ3) is 4.55. The molecule has 1 aromatic carbocycles. The minimum atomic E-state index is 0.130. The molecule has 0 aliphatic carbocycles. The largest absolute Gasteiger partial charge is 0.318 e. The maximum absolute atomic E-state index is 4.60. The number of aryl methyl sites for hydroxylation is 1. The van der Waals surface area contributed by atoms with Crippen LogP contribution in [0.5, 0.6) is 0 Å². The number of nitrogens with zero attached hydrogens (tertiary/aromatic N) is 2. The molecule has 2 rings (SSSR count). The summed E-state index contributed by atoms with van der Waals surface area (Å²) in [6, 6.07) is 8.57. The fourth-order valence-electron chi connectivity index (χ4n) is 2.08. The molecule has 21 heavy (non-hydrogen) atoms. The van der Waals surface area contributed by atoms with Crippen molar-refractivity contribution in [1.82, 2.24) is 10.3 Å². The monoisotopic (exact) mass is 303 g/mol. The minimum Gasteiger partial charge on any atom is -0.318 e. The van der Waals surface area contributed by atoms with Crippen molar-refractivity contribution in [2.75, 3.05) is 11.4 Å². The first-order chi connectivity index (χ1) is 9.89. The molecule has 0 saturated carbocycles. The molecule has 0 spiro atoms. The van der Waals surface area contributed by atoms with E-state index in [9.17, 15) is 0 Å². The van der Waals surface area contributed by atoms with Gasteiger partial charge in [0.1, 0.15) is 0 Å². The van der Waals surface area contributed by atoms with E-state index < -0.39 is 0 Å². The van der Waals surface area contributed by atoms with Gasteiger partial charge in [0.2, 0.25) is 0 Å². The van der Waals surface area contributed by atoms with Gasteiger partial charge in [0.05, 0.1) is 0 Å². The summed E-state index contributed by atoms with van der Waals surface area (Å²) in [6.45, 7) is 12.6. The van der Waals surface area contributed by atoms with Crippen LogP contribution in [0.25, 0.3) is 0 Å². The molecule has 0 fully saturated rings. The SMILES string of the molecule is CCN(c1cccc(C)c1)c1ncc(CNC(C)(C)C)s1. The van der Waals surface area contributed by atoms with Gasteiger partial charge in [-0.25, -0.2) is 4.98 Å². The average molecular weight is 303 g/mol. The Morgan fingerprint density at radius 1 is 1.29 bits per heavy atom. The topological polar surface area (TPSA) is 28.2 Å². The van der Waals surface area contributed by atoms with Gasteiger partial charge in [-0.3, -0.25) is 0 Å². The molecular formula is C17H25N3S. The first-order valence-electron chi connectivity index (χ1n) is 7.43. The van der Waals surface area contributed by atoms with Crippen LogP contribution in [0.4, 0.5) is 10.8 Å². The van der Waals surface area contributed by atoms with Gasteiger partial charge < -0.3 is 10.2 Å². The predicted molar refractivity (Wildman–Crippen MR) is 92.6 cm³/mol. The smallest absolute Gasteiger partial charge is 0.190 e. The number of nitrogens with one attached hydrogen (secondary N) is 1. The molecular weight excluding hydrogens is 278 g/mol. The molecule has 1 aromatic heterocycles. The van der Waals surface area contributed by atoms with Crippen LogP contribution >= 0.6 is 11.3 Å². The number of aromatic nitrogens is 1. The van der Waals surface area contributed by atoms with Crippen molar-refractivity contribution in [3.8, 4) is 0 Å². The normalized spacial score (nSPS) is 11.7. The standard InChI is InChI=1S/C17H25N3S/c1-6-20(14-9-7-8-13(2)10-14)16-18-11-15(21-16)12-19-17(3,4)5/h7-11,19H,6,12H2,1-5H3. The molecule has 0 aliphatic rings. The molecule has 0 saturated heterocycles. The number of thiazole rings is 1. The minimum absolute atomic E-state index is 0.130. The Morgan fingerprint density at radius 3 is 2.67 bits per heavy atom. The van der Waals surface area contributed by atoms with Gasteiger partial charge in [-0.2, -0.15) is 0 Å². The third-order valence-corrected chi connectivity index (χ3v) is 4.22. The van der Waals surface area contributed by atoms with Crippen molar-refractivity contribution >= 4 is 22.2 Å². The molecule has 4 heteroatoms. The first kappa shape index (κ1) is 16.0. The fraction of sp³-hybridized carbons (Fsp3) is 0.471. The van der Waals surface area contributed by atoms with Crippen LogP contribution in [0, 0.1) is 6.92 Å². The van der Waals surface area contributed by atoms with Crippen LogP contribution in [0.3, 0.4) is 0 Å². The van der Waals surface area contributed by atoms with Crippen molar-refractivity contribution < 1.29 is 0 Å². The fourth-order valence-corrected chi connectivity index (χ4v) is 3.01. The van der Waals surface area contributed by atoms with Gasteiger partial charge in [0.25, 0.3) is 0 Å². The van der Waals surface area contributed by atoms with Crippen LogP contribution in [-0.2, 0) is 6.54 Å². The number of hydrogen-bond donors (Lipinski definition) is 1. The van der Waals surface area contributed by atoms with E-state index in [2.05, 4.69) is 74.1 Å². The Balaban J connectivity index is 2.14. The van der Waals surface area contributed by atoms with Gasteiger partial charge in [-0.15, -0.1) is 11.3 Å². The van der Waals surface area contributed by atoms with E-state index in [0.717, 1.165) is 18.2 Å². The van der Waals surface area contributed by atoms with E-state index in [-0.39, 0.29) is 5.54 Å². The second-order valence-corrected chi connectivity index (χ2v) is 7.39. The van der Waals surface area contributed by atoms with E-state index in [1.165, 1.54) is 16.1 Å². The Morgan fingerprint density at radius 2 is 2.05 bits per heavy atom. The summed E-state index contributed by atoms with van der Waals surface area (Å²) in [5.41, 5.74) is 2.62. The van der Waals surface area contributed by atoms with Crippen molar-refractivity contribution in [3.63, 3.8) is 0 Å². The van der Waals surface area contributed by atoms with E-state index in [0.29, 0.717) is 0 Å². The Labute approximate surface area is 132 Å². The number of hydrogen-bond acceptors (Lipinski definition) is 4. The van der Waals surface area contributed by atoms with Crippen molar-refractivity contribution in [3.05, 3.63) is 40.9 Å². The van der Waals surface area contributed by atoms with Crippen LogP contribution in [0.2, 0.25) is 0 Å².